The summed E-state index contributed by atoms with van der Waals surface area (Å²) in [6.07, 6.45) is 4.19. The van der Waals surface area contributed by atoms with Gasteiger partial charge in [0.25, 0.3) is 0 Å². The smallest absolute Gasteiger partial charge is 0.336 e. The van der Waals surface area contributed by atoms with Crippen LogP contribution in [0.1, 0.15) is 39.6 Å². The molecule has 0 radical (unpaired) electrons. The Morgan fingerprint density at radius 2 is 1.85 bits per heavy atom. The number of hydrogen-bond acceptors (Lipinski definition) is 3. The molecule has 20 heavy (non-hydrogen) atoms. The van der Waals surface area contributed by atoms with Gasteiger partial charge < -0.3 is 10.2 Å². The summed E-state index contributed by atoms with van der Waals surface area (Å²) < 4.78 is 0. The van der Waals surface area contributed by atoms with E-state index in [1.54, 1.807) is 6.08 Å². The molecule has 1 aromatic carbocycles. The standard InChI is InChI=1S/C15H12O4S/c1-8-2-4-10(13(20)6-8)12-7-9(14(16)17)3-5-11(12)15(18)19/h2-5,7H,6H2,1H3,(H,16,17)(H,18,19). The van der Waals surface area contributed by atoms with Crippen molar-refractivity contribution in [1.82, 2.24) is 0 Å². The molecule has 5 heteroatoms. The lowest BCUT2D eigenvalue weighted by Gasteiger charge is -2.16. The minimum Gasteiger partial charge on any atom is -0.478 e. The summed E-state index contributed by atoms with van der Waals surface area (Å²) in [4.78, 5) is 22.9. The SMILES string of the molecule is CC1=CC=C(c2cc(C(=O)O)ccc2C(=O)O)C(=S)C1. The zero-order valence-electron chi connectivity index (χ0n) is 10.7. The summed E-state index contributed by atoms with van der Waals surface area (Å²) in [6, 6.07) is 3.94. The van der Waals surface area contributed by atoms with Crippen molar-refractivity contribution in [2.24, 2.45) is 0 Å². The lowest BCUT2D eigenvalue weighted by Crippen LogP contribution is -2.10. The first-order valence-corrected chi connectivity index (χ1v) is 6.32. The lowest BCUT2D eigenvalue weighted by molar-refractivity contribution is 0.0681. The minimum absolute atomic E-state index is 0.0416. The van der Waals surface area contributed by atoms with Crippen LogP contribution in [0.3, 0.4) is 0 Å². The van der Waals surface area contributed by atoms with Gasteiger partial charge in [-0.05, 0) is 36.3 Å². The van der Waals surface area contributed by atoms with Gasteiger partial charge in [-0.1, -0.05) is 29.9 Å². The highest BCUT2D eigenvalue weighted by molar-refractivity contribution is 7.81. The van der Waals surface area contributed by atoms with Crippen molar-refractivity contribution in [2.75, 3.05) is 0 Å². The molecule has 0 aliphatic heterocycles. The maximum atomic E-state index is 11.3. The third-order valence-corrected chi connectivity index (χ3v) is 3.43. The van der Waals surface area contributed by atoms with E-state index in [9.17, 15) is 14.7 Å². The Morgan fingerprint density at radius 3 is 2.40 bits per heavy atom. The number of carboxylic acids is 2. The summed E-state index contributed by atoms with van der Waals surface area (Å²) in [5.74, 6) is -2.20. The number of carboxylic acid groups (broad SMARTS) is 2. The van der Waals surface area contributed by atoms with E-state index in [0.717, 1.165) is 5.57 Å². The molecule has 0 bridgehead atoms. The molecule has 1 aromatic rings. The second kappa shape index (κ2) is 5.38. The summed E-state index contributed by atoms with van der Waals surface area (Å²) in [5.41, 5.74) is 2.14. The van der Waals surface area contributed by atoms with Crippen LogP contribution in [0.25, 0.3) is 5.57 Å². The fraction of sp³-hybridized carbons (Fsp3) is 0.133. The molecule has 0 heterocycles. The van der Waals surface area contributed by atoms with Gasteiger partial charge in [-0.3, -0.25) is 0 Å². The molecule has 0 amide bonds. The van der Waals surface area contributed by atoms with Crippen molar-refractivity contribution in [2.45, 2.75) is 13.3 Å². The van der Waals surface area contributed by atoms with Crippen molar-refractivity contribution in [3.8, 4) is 0 Å². The van der Waals surface area contributed by atoms with Crippen LogP contribution < -0.4 is 0 Å². The first-order chi connectivity index (χ1) is 9.40. The largest absolute Gasteiger partial charge is 0.478 e. The number of hydrogen-bond donors (Lipinski definition) is 2. The zero-order valence-corrected chi connectivity index (χ0v) is 11.5. The van der Waals surface area contributed by atoms with Crippen LogP contribution in [0.15, 0.2) is 35.9 Å². The molecule has 1 aliphatic rings. The van der Waals surface area contributed by atoms with E-state index < -0.39 is 11.9 Å². The topological polar surface area (TPSA) is 74.6 Å². The molecule has 0 fully saturated rings. The molecule has 4 nitrogen and oxygen atoms in total. The molecule has 2 rings (SSSR count). The van der Waals surface area contributed by atoms with Gasteiger partial charge in [-0.2, -0.15) is 0 Å². The maximum Gasteiger partial charge on any atom is 0.336 e. The number of allylic oxidation sites excluding steroid dienone is 4. The van der Waals surface area contributed by atoms with Crippen molar-refractivity contribution < 1.29 is 19.8 Å². The van der Waals surface area contributed by atoms with Crippen molar-refractivity contribution in [3.05, 3.63) is 52.6 Å². The average Bonchev–Trinajstić information content (AvgIpc) is 2.37. The lowest BCUT2D eigenvalue weighted by atomic mass is 9.89. The van der Waals surface area contributed by atoms with Crippen molar-refractivity contribution in [1.29, 1.82) is 0 Å². The van der Waals surface area contributed by atoms with Gasteiger partial charge in [0, 0.05) is 11.3 Å². The van der Waals surface area contributed by atoms with Crippen molar-refractivity contribution in [3.63, 3.8) is 0 Å². The predicted octanol–water partition coefficient (Wildman–Crippen LogP) is 3.19. The maximum absolute atomic E-state index is 11.3. The molecule has 0 unspecified atom stereocenters. The van der Waals surface area contributed by atoms with Crippen LogP contribution in [0.5, 0.6) is 0 Å². The van der Waals surface area contributed by atoms with Crippen LogP contribution in [0.2, 0.25) is 0 Å². The molecular formula is C15H12O4S. The Morgan fingerprint density at radius 1 is 1.15 bits per heavy atom. The van der Waals surface area contributed by atoms with Crippen LogP contribution in [0, 0.1) is 0 Å². The van der Waals surface area contributed by atoms with Gasteiger partial charge in [-0.15, -0.1) is 0 Å². The third-order valence-electron chi connectivity index (χ3n) is 3.06. The molecule has 102 valence electrons. The highest BCUT2D eigenvalue weighted by Gasteiger charge is 2.20. The summed E-state index contributed by atoms with van der Waals surface area (Å²) in [6.45, 7) is 1.94. The zero-order chi connectivity index (χ0) is 14.9. The number of rotatable bonds is 3. The van der Waals surface area contributed by atoms with E-state index in [4.69, 9.17) is 17.3 Å². The summed E-state index contributed by atoms with van der Waals surface area (Å²) in [5, 5.41) is 18.3. The Balaban J connectivity index is 2.64. The fourth-order valence-electron chi connectivity index (χ4n) is 2.05. The normalized spacial score (nSPS) is 14.6. The quantitative estimate of drug-likeness (QED) is 0.835. The second-order valence-corrected chi connectivity index (χ2v) is 5.06. The Kier molecular flexibility index (Phi) is 3.81. The molecule has 0 aromatic heterocycles. The van der Waals surface area contributed by atoms with E-state index in [1.165, 1.54) is 18.2 Å². The first-order valence-electron chi connectivity index (χ1n) is 5.92. The van der Waals surface area contributed by atoms with E-state index in [1.807, 2.05) is 13.0 Å². The monoisotopic (exact) mass is 288 g/mol. The van der Waals surface area contributed by atoms with Gasteiger partial charge >= 0.3 is 11.9 Å². The van der Waals surface area contributed by atoms with Crippen LogP contribution >= 0.6 is 12.2 Å². The van der Waals surface area contributed by atoms with Gasteiger partial charge in [-0.25, -0.2) is 9.59 Å². The Labute approximate surface area is 121 Å². The molecule has 0 spiro atoms. The van der Waals surface area contributed by atoms with E-state index in [0.29, 0.717) is 22.4 Å². The molecule has 0 atom stereocenters. The van der Waals surface area contributed by atoms with Crippen LogP contribution in [-0.4, -0.2) is 27.0 Å². The molecule has 0 saturated heterocycles. The first kappa shape index (κ1) is 14.1. The molecule has 2 N–H and O–H groups in total. The van der Waals surface area contributed by atoms with E-state index in [2.05, 4.69) is 0 Å². The summed E-state index contributed by atoms with van der Waals surface area (Å²) >= 11 is 5.29. The number of aromatic carboxylic acids is 2. The molecule has 0 saturated carbocycles. The predicted molar refractivity (Wildman–Crippen MR) is 79.3 cm³/mol. The summed E-state index contributed by atoms with van der Waals surface area (Å²) in [7, 11) is 0. The van der Waals surface area contributed by atoms with Crippen LogP contribution in [0.4, 0.5) is 0 Å². The van der Waals surface area contributed by atoms with Gasteiger partial charge in [0.05, 0.1) is 11.1 Å². The Hall–Kier alpha value is -2.27. The number of thiocarbonyl (C=S) groups is 1. The fourth-order valence-corrected chi connectivity index (χ4v) is 2.46. The van der Waals surface area contributed by atoms with Crippen LogP contribution in [-0.2, 0) is 0 Å². The number of benzene rings is 1. The molecule has 1 aliphatic carbocycles. The van der Waals surface area contributed by atoms with E-state index in [-0.39, 0.29) is 11.1 Å². The highest BCUT2D eigenvalue weighted by atomic mass is 32.1. The van der Waals surface area contributed by atoms with Crippen molar-refractivity contribution >= 4 is 34.6 Å². The Bertz CT molecular complexity index is 683. The highest BCUT2D eigenvalue weighted by Crippen LogP contribution is 2.28. The number of carbonyl (C=O) groups is 2. The van der Waals surface area contributed by atoms with E-state index >= 15 is 0 Å². The average molecular weight is 288 g/mol. The third kappa shape index (κ3) is 2.67. The minimum atomic E-state index is -1.10. The second-order valence-electron chi connectivity index (χ2n) is 4.56. The van der Waals surface area contributed by atoms with Gasteiger partial charge in [0.2, 0.25) is 0 Å². The van der Waals surface area contributed by atoms with Gasteiger partial charge in [0.15, 0.2) is 0 Å². The molecular weight excluding hydrogens is 276 g/mol. The van der Waals surface area contributed by atoms with Gasteiger partial charge in [0.1, 0.15) is 0 Å².